The Morgan fingerprint density at radius 2 is 2.16 bits per heavy atom. The van der Waals surface area contributed by atoms with Crippen molar-refractivity contribution in [1.29, 1.82) is 0 Å². The fourth-order valence-corrected chi connectivity index (χ4v) is 2.15. The first-order valence-corrected chi connectivity index (χ1v) is 6.50. The second-order valence-corrected chi connectivity index (χ2v) is 4.72. The van der Waals surface area contributed by atoms with Gasteiger partial charge in [-0.2, -0.15) is 0 Å². The van der Waals surface area contributed by atoms with Gasteiger partial charge in [0.2, 0.25) is 0 Å². The van der Waals surface area contributed by atoms with Gasteiger partial charge in [0.25, 0.3) is 5.91 Å². The number of hydrogen-bond donors (Lipinski definition) is 2. The zero-order chi connectivity index (χ0) is 13.8. The molecule has 0 radical (unpaired) electrons. The van der Waals surface area contributed by atoms with Crippen LogP contribution in [0.4, 0.5) is 0 Å². The maximum atomic E-state index is 11.4. The zero-order valence-corrected chi connectivity index (χ0v) is 11.2. The molecule has 4 heteroatoms. The third-order valence-corrected chi connectivity index (χ3v) is 3.23. The molecule has 100 valence electrons. The van der Waals surface area contributed by atoms with Crippen LogP contribution >= 0.6 is 0 Å². The molecule has 1 heterocycles. The van der Waals surface area contributed by atoms with Gasteiger partial charge < -0.3 is 0 Å². The van der Waals surface area contributed by atoms with Crippen LogP contribution in [0.5, 0.6) is 0 Å². The summed E-state index contributed by atoms with van der Waals surface area (Å²) < 4.78 is 0. The Balaban J connectivity index is 2.44. The van der Waals surface area contributed by atoms with Crippen LogP contribution in [-0.4, -0.2) is 16.1 Å². The molecule has 1 aromatic carbocycles. The Bertz CT molecular complexity index is 608. The summed E-state index contributed by atoms with van der Waals surface area (Å²) in [6, 6.07) is 7.80. The highest BCUT2D eigenvalue weighted by Crippen LogP contribution is 2.20. The van der Waals surface area contributed by atoms with E-state index in [1.54, 1.807) is 11.5 Å². The molecule has 19 heavy (non-hydrogen) atoms. The molecule has 0 aliphatic heterocycles. The van der Waals surface area contributed by atoms with Gasteiger partial charge in [0, 0.05) is 5.39 Å². The summed E-state index contributed by atoms with van der Waals surface area (Å²) in [6.45, 7) is 4.12. The maximum Gasteiger partial charge on any atom is 0.293 e. The number of hydrogen-bond acceptors (Lipinski definition) is 3. The van der Waals surface area contributed by atoms with Gasteiger partial charge in [-0.05, 0) is 49.1 Å². The van der Waals surface area contributed by atoms with Gasteiger partial charge >= 0.3 is 0 Å². The van der Waals surface area contributed by atoms with Gasteiger partial charge in [0.15, 0.2) is 0 Å². The van der Waals surface area contributed by atoms with Gasteiger partial charge in [-0.1, -0.05) is 19.4 Å². The Labute approximate surface area is 112 Å². The average molecular weight is 258 g/mol. The molecule has 2 N–H and O–H groups in total. The fourth-order valence-electron chi connectivity index (χ4n) is 2.15. The molecule has 0 aliphatic carbocycles. The van der Waals surface area contributed by atoms with E-state index in [4.69, 9.17) is 5.21 Å². The van der Waals surface area contributed by atoms with E-state index < -0.39 is 5.91 Å². The third kappa shape index (κ3) is 2.90. The molecule has 2 rings (SSSR count). The number of hydroxylamine groups is 1. The molecule has 1 aromatic heterocycles. The monoisotopic (exact) mass is 258 g/mol. The van der Waals surface area contributed by atoms with Crippen LogP contribution in [0.2, 0.25) is 0 Å². The van der Waals surface area contributed by atoms with E-state index in [-0.39, 0.29) is 5.69 Å². The predicted molar refractivity (Wildman–Crippen MR) is 74.3 cm³/mol. The van der Waals surface area contributed by atoms with Crippen LogP contribution in [0, 0.1) is 6.92 Å². The van der Waals surface area contributed by atoms with Gasteiger partial charge in [0.05, 0.1) is 5.52 Å². The van der Waals surface area contributed by atoms with E-state index in [0.717, 1.165) is 22.9 Å². The SMILES string of the molecule is CCCCc1ccc2nc(C(=O)NO)cc(C)c2c1. The molecule has 0 saturated heterocycles. The van der Waals surface area contributed by atoms with Crippen molar-refractivity contribution in [2.45, 2.75) is 33.1 Å². The van der Waals surface area contributed by atoms with Crippen molar-refractivity contribution in [1.82, 2.24) is 10.5 Å². The quantitative estimate of drug-likeness (QED) is 0.654. The van der Waals surface area contributed by atoms with E-state index in [0.29, 0.717) is 0 Å². The molecule has 4 nitrogen and oxygen atoms in total. The lowest BCUT2D eigenvalue weighted by Gasteiger charge is -2.07. The van der Waals surface area contributed by atoms with Crippen molar-refractivity contribution < 1.29 is 10.0 Å². The topological polar surface area (TPSA) is 62.2 Å². The number of rotatable bonds is 4. The molecule has 0 aliphatic rings. The van der Waals surface area contributed by atoms with Crippen LogP contribution < -0.4 is 5.48 Å². The number of fused-ring (bicyclic) bond motifs is 1. The molecule has 0 unspecified atom stereocenters. The highest BCUT2D eigenvalue weighted by molar-refractivity contribution is 5.95. The number of carbonyl (C=O) groups is 1. The number of pyridine rings is 1. The summed E-state index contributed by atoms with van der Waals surface area (Å²) in [5.74, 6) is -0.583. The lowest BCUT2D eigenvalue weighted by atomic mass is 10.0. The summed E-state index contributed by atoms with van der Waals surface area (Å²) >= 11 is 0. The Morgan fingerprint density at radius 3 is 2.84 bits per heavy atom. The molecule has 0 spiro atoms. The molecule has 0 bridgehead atoms. The smallest absolute Gasteiger partial charge is 0.288 e. The fraction of sp³-hybridized carbons (Fsp3) is 0.333. The minimum Gasteiger partial charge on any atom is -0.288 e. The molecular weight excluding hydrogens is 240 g/mol. The first-order valence-electron chi connectivity index (χ1n) is 6.50. The molecule has 0 fully saturated rings. The number of amides is 1. The van der Waals surface area contributed by atoms with E-state index in [2.05, 4.69) is 18.0 Å². The van der Waals surface area contributed by atoms with Crippen molar-refractivity contribution in [3.63, 3.8) is 0 Å². The van der Waals surface area contributed by atoms with E-state index in [9.17, 15) is 4.79 Å². The molecule has 0 saturated carbocycles. The summed E-state index contributed by atoms with van der Waals surface area (Å²) in [5, 5.41) is 9.71. The van der Waals surface area contributed by atoms with Crippen molar-refractivity contribution >= 4 is 16.8 Å². The van der Waals surface area contributed by atoms with E-state index in [1.807, 2.05) is 19.1 Å². The van der Waals surface area contributed by atoms with Crippen molar-refractivity contribution in [3.8, 4) is 0 Å². The first-order chi connectivity index (χ1) is 9.15. The standard InChI is InChI=1S/C15H18N2O2/c1-3-4-5-11-6-7-13-12(9-11)10(2)8-14(16-13)15(18)17-19/h6-9,19H,3-5H2,1-2H3,(H,17,18). The Kier molecular flexibility index (Phi) is 4.12. The summed E-state index contributed by atoms with van der Waals surface area (Å²) in [4.78, 5) is 15.7. The van der Waals surface area contributed by atoms with Gasteiger partial charge in [0.1, 0.15) is 5.69 Å². The van der Waals surface area contributed by atoms with Crippen molar-refractivity contribution in [3.05, 3.63) is 41.1 Å². The molecular formula is C15H18N2O2. The Hall–Kier alpha value is -1.94. The maximum absolute atomic E-state index is 11.4. The lowest BCUT2D eigenvalue weighted by Crippen LogP contribution is -2.20. The normalized spacial score (nSPS) is 10.7. The minimum absolute atomic E-state index is 0.230. The number of benzene rings is 1. The number of nitrogens with zero attached hydrogens (tertiary/aromatic N) is 1. The highest BCUT2D eigenvalue weighted by atomic mass is 16.5. The zero-order valence-electron chi connectivity index (χ0n) is 11.2. The number of unbranched alkanes of at least 4 members (excludes halogenated alkanes) is 1. The largest absolute Gasteiger partial charge is 0.293 e. The van der Waals surface area contributed by atoms with Crippen LogP contribution in [0.1, 0.15) is 41.4 Å². The predicted octanol–water partition coefficient (Wildman–Crippen LogP) is 3.00. The number of nitrogens with one attached hydrogen (secondary N) is 1. The van der Waals surface area contributed by atoms with Gasteiger partial charge in [-0.15, -0.1) is 0 Å². The van der Waals surface area contributed by atoms with Crippen LogP contribution in [0.15, 0.2) is 24.3 Å². The van der Waals surface area contributed by atoms with Gasteiger partial charge in [-0.3, -0.25) is 10.0 Å². The van der Waals surface area contributed by atoms with Gasteiger partial charge in [-0.25, -0.2) is 10.5 Å². The second kappa shape index (κ2) is 5.80. The minimum atomic E-state index is -0.583. The summed E-state index contributed by atoms with van der Waals surface area (Å²) in [6.07, 6.45) is 3.40. The third-order valence-electron chi connectivity index (χ3n) is 3.23. The molecule has 2 aromatic rings. The van der Waals surface area contributed by atoms with E-state index in [1.165, 1.54) is 18.4 Å². The number of aryl methyl sites for hydroxylation is 2. The number of carbonyl (C=O) groups excluding carboxylic acids is 1. The van der Waals surface area contributed by atoms with Crippen molar-refractivity contribution in [2.24, 2.45) is 0 Å². The number of aromatic nitrogens is 1. The Morgan fingerprint density at radius 1 is 1.37 bits per heavy atom. The van der Waals surface area contributed by atoms with E-state index >= 15 is 0 Å². The molecule has 0 atom stereocenters. The molecule has 1 amide bonds. The summed E-state index contributed by atoms with van der Waals surface area (Å²) in [7, 11) is 0. The lowest BCUT2D eigenvalue weighted by molar-refractivity contribution is 0.0701. The summed E-state index contributed by atoms with van der Waals surface area (Å²) in [5.41, 5.74) is 4.90. The van der Waals surface area contributed by atoms with Crippen molar-refractivity contribution in [2.75, 3.05) is 0 Å². The second-order valence-electron chi connectivity index (χ2n) is 4.72. The van der Waals surface area contributed by atoms with Crippen LogP contribution in [0.25, 0.3) is 10.9 Å². The van der Waals surface area contributed by atoms with Crippen LogP contribution in [0.3, 0.4) is 0 Å². The van der Waals surface area contributed by atoms with Crippen LogP contribution in [-0.2, 0) is 6.42 Å². The highest BCUT2D eigenvalue weighted by Gasteiger charge is 2.09. The first kappa shape index (κ1) is 13.5. The average Bonchev–Trinajstić information content (AvgIpc) is 2.44.